The van der Waals surface area contributed by atoms with E-state index in [4.69, 9.17) is 0 Å². The van der Waals surface area contributed by atoms with E-state index >= 15 is 0 Å². The van der Waals surface area contributed by atoms with Gasteiger partial charge in [-0.25, -0.2) is 9.98 Å². The molecule has 0 aromatic carbocycles. The number of aromatic nitrogens is 1. The zero-order chi connectivity index (χ0) is 15.7. The molecule has 0 aliphatic heterocycles. The third kappa shape index (κ3) is 7.73. The van der Waals surface area contributed by atoms with Crippen molar-refractivity contribution in [1.29, 1.82) is 0 Å². The van der Waals surface area contributed by atoms with E-state index < -0.39 is 0 Å². The standard InChI is InChI=1S/C15H29N5S.HI/c1-6-16-15(17-9-10-20(7-2)8-3)18-11-14-19-12(4)13(5)21-14;/h6-11H2,1-5H3,(H2,16,17,18);1H. The van der Waals surface area contributed by atoms with Crippen molar-refractivity contribution in [2.75, 3.05) is 32.7 Å². The van der Waals surface area contributed by atoms with Crippen molar-refractivity contribution < 1.29 is 0 Å². The molecule has 128 valence electrons. The molecule has 0 spiro atoms. The zero-order valence-electron chi connectivity index (χ0n) is 14.4. The van der Waals surface area contributed by atoms with Gasteiger partial charge in [0.05, 0.1) is 12.2 Å². The summed E-state index contributed by atoms with van der Waals surface area (Å²) >= 11 is 1.73. The number of guanidine groups is 1. The Bertz CT molecular complexity index is 424. The van der Waals surface area contributed by atoms with Gasteiger partial charge in [0.15, 0.2) is 5.96 Å². The molecule has 22 heavy (non-hydrogen) atoms. The zero-order valence-corrected chi connectivity index (χ0v) is 17.5. The highest BCUT2D eigenvalue weighted by atomic mass is 127. The summed E-state index contributed by atoms with van der Waals surface area (Å²) in [6, 6.07) is 0. The van der Waals surface area contributed by atoms with Crippen LogP contribution in [-0.4, -0.2) is 48.6 Å². The fourth-order valence-corrected chi connectivity index (χ4v) is 2.83. The van der Waals surface area contributed by atoms with Crippen LogP contribution in [0.1, 0.15) is 36.3 Å². The predicted octanol–water partition coefficient (Wildman–Crippen LogP) is 2.77. The molecular formula is C15H30IN5S. The number of rotatable bonds is 8. The summed E-state index contributed by atoms with van der Waals surface area (Å²) in [5.74, 6) is 0.871. The highest BCUT2D eigenvalue weighted by molar-refractivity contribution is 14.0. The molecule has 2 N–H and O–H groups in total. The topological polar surface area (TPSA) is 52.6 Å². The van der Waals surface area contributed by atoms with Gasteiger partial charge in [-0.2, -0.15) is 0 Å². The molecule has 0 amide bonds. The van der Waals surface area contributed by atoms with Gasteiger partial charge < -0.3 is 15.5 Å². The molecule has 0 aliphatic carbocycles. The van der Waals surface area contributed by atoms with E-state index in [0.717, 1.165) is 49.4 Å². The number of aliphatic imine (C=N–C) groups is 1. The Balaban J connectivity index is 0.00000441. The second-order valence-electron chi connectivity index (χ2n) is 4.90. The van der Waals surface area contributed by atoms with Crippen LogP contribution in [0.2, 0.25) is 0 Å². The highest BCUT2D eigenvalue weighted by Crippen LogP contribution is 2.16. The quantitative estimate of drug-likeness (QED) is 0.372. The fourth-order valence-electron chi connectivity index (χ4n) is 1.97. The van der Waals surface area contributed by atoms with Crippen LogP contribution in [0.15, 0.2) is 4.99 Å². The summed E-state index contributed by atoms with van der Waals surface area (Å²) in [6.45, 7) is 16.2. The van der Waals surface area contributed by atoms with Crippen LogP contribution in [0.25, 0.3) is 0 Å². The van der Waals surface area contributed by atoms with Crippen molar-refractivity contribution in [1.82, 2.24) is 20.5 Å². The second-order valence-corrected chi connectivity index (χ2v) is 6.19. The van der Waals surface area contributed by atoms with Crippen LogP contribution in [0.5, 0.6) is 0 Å². The lowest BCUT2D eigenvalue weighted by atomic mass is 10.4. The maximum Gasteiger partial charge on any atom is 0.191 e. The maximum absolute atomic E-state index is 4.61. The fraction of sp³-hybridized carbons (Fsp3) is 0.733. The molecule has 0 bridgehead atoms. The molecule has 0 atom stereocenters. The first-order valence-electron chi connectivity index (χ1n) is 7.78. The van der Waals surface area contributed by atoms with Crippen molar-refractivity contribution >= 4 is 41.3 Å². The SMILES string of the molecule is CCNC(=NCc1nc(C)c(C)s1)NCCN(CC)CC.I. The predicted molar refractivity (Wildman–Crippen MR) is 108 cm³/mol. The largest absolute Gasteiger partial charge is 0.357 e. The molecule has 0 aliphatic rings. The van der Waals surface area contributed by atoms with Gasteiger partial charge in [0, 0.05) is 24.5 Å². The summed E-state index contributed by atoms with van der Waals surface area (Å²) in [5, 5.41) is 7.74. The lowest BCUT2D eigenvalue weighted by Crippen LogP contribution is -2.41. The average molecular weight is 439 g/mol. The molecule has 1 heterocycles. The van der Waals surface area contributed by atoms with Gasteiger partial charge in [0.25, 0.3) is 0 Å². The van der Waals surface area contributed by atoms with Gasteiger partial charge in [-0.05, 0) is 33.9 Å². The van der Waals surface area contributed by atoms with Crippen LogP contribution < -0.4 is 10.6 Å². The molecule has 1 aromatic heterocycles. The third-order valence-electron chi connectivity index (χ3n) is 3.40. The summed E-state index contributed by atoms with van der Waals surface area (Å²) in [7, 11) is 0. The van der Waals surface area contributed by atoms with Crippen LogP contribution in [0, 0.1) is 13.8 Å². The first kappa shape index (κ1) is 21.6. The number of hydrogen-bond donors (Lipinski definition) is 2. The van der Waals surface area contributed by atoms with Crippen molar-refractivity contribution in [2.24, 2.45) is 4.99 Å². The van der Waals surface area contributed by atoms with Crippen molar-refractivity contribution in [3.8, 4) is 0 Å². The first-order chi connectivity index (χ1) is 10.1. The monoisotopic (exact) mass is 439 g/mol. The molecule has 0 fully saturated rings. The van der Waals surface area contributed by atoms with Crippen LogP contribution in [0.3, 0.4) is 0 Å². The molecule has 0 unspecified atom stereocenters. The molecule has 0 radical (unpaired) electrons. The Morgan fingerprint density at radius 1 is 1.18 bits per heavy atom. The number of likely N-dealkylation sites (N-methyl/N-ethyl adjacent to an activating group) is 1. The number of aryl methyl sites for hydroxylation is 2. The van der Waals surface area contributed by atoms with Gasteiger partial charge in [-0.3, -0.25) is 0 Å². The molecule has 7 heteroatoms. The van der Waals surface area contributed by atoms with E-state index in [0.29, 0.717) is 6.54 Å². The Morgan fingerprint density at radius 2 is 1.86 bits per heavy atom. The van der Waals surface area contributed by atoms with Crippen LogP contribution >= 0.6 is 35.3 Å². The Morgan fingerprint density at radius 3 is 2.36 bits per heavy atom. The Kier molecular flexibility index (Phi) is 11.8. The van der Waals surface area contributed by atoms with E-state index in [1.54, 1.807) is 11.3 Å². The lowest BCUT2D eigenvalue weighted by Gasteiger charge is -2.19. The van der Waals surface area contributed by atoms with Crippen molar-refractivity contribution in [3.63, 3.8) is 0 Å². The molecule has 1 aromatic rings. The molecule has 1 rings (SSSR count). The van der Waals surface area contributed by atoms with Crippen molar-refractivity contribution in [2.45, 2.75) is 41.2 Å². The summed E-state index contributed by atoms with van der Waals surface area (Å²) in [4.78, 5) is 12.8. The van der Waals surface area contributed by atoms with E-state index in [2.05, 4.69) is 53.2 Å². The van der Waals surface area contributed by atoms with E-state index in [1.165, 1.54) is 4.88 Å². The minimum Gasteiger partial charge on any atom is -0.357 e. The number of thiazole rings is 1. The van der Waals surface area contributed by atoms with E-state index in [1.807, 2.05) is 6.92 Å². The molecule has 0 saturated carbocycles. The van der Waals surface area contributed by atoms with Crippen LogP contribution in [0.4, 0.5) is 0 Å². The summed E-state index contributed by atoms with van der Waals surface area (Å²) in [5.41, 5.74) is 1.12. The number of nitrogens with one attached hydrogen (secondary N) is 2. The lowest BCUT2D eigenvalue weighted by molar-refractivity contribution is 0.308. The van der Waals surface area contributed by atoms with Crippen LogP contribution in [-0.2, 0) is 6.54 Å². The highest BCUT2D eigenvalue weighted by Gasteiger charge is 2.04. The Hall–Kier alpha value is -0.410. The van der Waals surface area contributed by atoms with E-state index in [-0.39, 0.29) is 24.0 Å². The van der Waals surface area contributed by atoms with Crippen molar-refractivity contribution in [3.05, 3.63) is 15.6 Å². The van der Waals surface area contributed by atoms with Gasteiger partial charge in [-0.1, -0.05) is 13.8 Å². The summed E-state index contributed by atoms with van der Waals surface area (Å²) in [6.07, 6.45) is 0. The average Bonchev–Trinajstić information content (AvgIpc) is 2.79. The van der Waals surface area contributed by atoms with Gasteiger partial charge in [0.2, 0.25) is 0 Å². The Labute approximate surface area is 156 Å². The number of nitrogens with zero attached hydrogens (tertiary/aromatic N) is 3. The summed E-state index contributed by atoms with van der Waals surface area (Å²) < 4.78 is 0. The van der Waals surface area contributed by atoms with Gasteiger partial charge >= 0.3 is 0 Å². The van der Waals surface area contributed by atoms with Gasteiger partial charge in [-0.15, -0.1) is 35.3 Å². The van der Waals surface area contributed by atoms with E-state index in [9.17, 15) is 0 Å². The molecular weight excluding hydrogens is 409 g/mol. The third-order valence-corrected chi connectivity index (χ3v) is 4.46. The number of halogens is 1. The minimum atomic E-state index is 0. The normalized spacial score (nSPS) is 11.5. The smallest absolute Gasteiger partial charge is 0.191 e. The number of hydrogen-bond acceptors (Lipinski definition) is 4. The van der Waals surface area contributed by atoms with Gasteiger partial charge in [0.1, 0.15) is 5.01 Å². The molecule has 5 nitrogen and oxygen atoms in total. The minimum absolute atomic E-state index is 0. The second kappa shape index (κ2) is 12.1. The first-order valence-corrected chi connectivity index (χ1v) is 8.59. The maximum atomic E-state index is 4.61. The molecule has 0 saturated heterocycles.